The van der Waals surface area contributed by atoms with Crippen molar-refractivity contribution in [2.75, 3.05) is 5.32 Å². The molecule has 7 nitrogen and oxygen atoms in total. The van der Waals surface area contributed by atoms with E-state index in [1.165, 1.54) is 11.3 Å². The van der Waals surface area contributed by atoms with Gasteiger partial charge in [0.2, 0.25) is 5.91 Å². The fourth-order valence-corrected chi connectivity index (χ4v) is 3.48. The van der Waals surface area contributed by atoms with Crippen molar-refractivity contribution in [1.29, 1.82) is 0 Å². The molecule has 2 amide bonds. The molecule has 4 aromatic rings. The summed E-state index contributed by atoms with van der Waals surface area (Å²) in [6, 6.07) is 14.2. The van der Waals surface area contributed by atoms with Crippen LogP contribution in [0, 0.1) is 0 Å². The number of carbonyl (C=O) groups is 2. The molecule has 26 heavy (non-hydrogen) atoms. The second-order valence-corrected chi connectivity index (χ2v) is 6.82. The number of benzene rings is 2. The van der Waals surface area contributed by atoms with E-state index in [0.717, 1.165) is 15.7 Å². The van der Waals surface area contributed by atoms with Gasteiger partial charge in [0.1, 0.15) is 6.04 Å². The molecule has 0 radical (unpaired) electrons. The summed E-state index contributed by atoms with van der Waals surface area (Å²) in [6.45, 7) is 1.62. The average molecular weight is 365 g/mol. The Labute approximate surface area is 152 Å². The van der Waals surface area contributed by atoms with E-state index in [9.17, 15) is 9.59 Å². The van der Waals surface area contributed by atoms with Crippen molar-refractivity contribution < 1.29 is 9.59 Å². The van der Waals surface area contributed by atoms with Gasteiger partial charge in [-0.15, -0.1) is 0 Å². The van der Waals surface area contributed by atoms with E-state index in [0.29, 0.717) is 10.5 Å². The lowest BCUT2D eigenvalue weighted by atomic mass is 10.2. The fraction of sp³-hybridized carbons (Fsp3) is 0.111. The maximum Gasteiger partial charge on any atom is 0.273 e. The van der Waals surface area contributed by atoms with Gasteiger partial charge in [-0.2, -0.15) is 5.10 Å². The maximum atomic E-state index is 12.4. The Bertz CT molecular complexity index is 1080. The molecule has 8 heteroatoms. The van der Waals surface area contributed by atoms with E-state index in [-0.39, 0.29) is 11.6 Å². The number of anilines is 1. The minimum absolute atomic E-state index is 0.264. The lowest BCUT2D eigenvalue weighted by Crippen LogP contribution is -2.41. The van der Waals surface area contributed by atoms with Crippen molar-refractivity contribution in [3.8, 4) is 0 Å². The molecule has 2 aromatic heterocycles. The first-order valence-electron chi connectivity index (χ1n) is 8.02. The maximum absolute atomic E-state index is 12.4. The van der Waals surface area contributed by atoms with E-state index in [4.69, 9.17) is 0 Å². The summed E-state index contributed by atoms with van der Waals surface area (Å²) in [5, 5.41) is 13.5. The molecular weight excluding hydrogens is 350 g/mol. The zero-order valence-corrected chi connectivity index (χ0v) is 14.6. The topological polar surface area (TPSA) is 99.8 Å². The van der Waals surface area contributed by atoms with E-state index in [1.54, 1.807) is 13.0 Å². The smallest absolute Gasteiger partial charge is 0.273 e. The molecule has 0 aliphatic rings. The molecular formula is C18H15N5O2S. The predicted octanol–water partition coefficient (Wildman–Crippen LogP) is 2.93. The van der Waals surface area contributed by atoms with Crippen LogP contribution in [0.15, 0.2) is 48.5 Å². The van der Waals surface area contributed by atoms with Crippen molar-refractivity contribution in [2.24, 2.45) is 0 Å². The van der Waals surface area contributed by atoms with Crippen LogP contribution >= 0.6 is 11.3 Å². The van der Waals surface area contributed by atoms with Crippen molar-refractivity contribution in [1.82, 2.24) is 20.5 Å². The summed E-state index contributed by atoms with van der Waals surface area (Å²) < 4.78 is 0.988. The van der Waals surface area contributed by atoms with Gasteiger partial charge < -0.3 is 10.6 Å². The van der Waals surface area contributed by atoms with Crippen molar-refractivity contribution in [3.05, 3.63) is 54.2 Å². The van der Waals surface area contributed by atoms with E-state index in [1.807, 2.05) is 42.5 Å². The van der Waals surface area contributed by atoms with Crippen LogP contribution < -0.4 is 10.6 Å². The zero-order chi connectivity index (χ0) is 18.1. The van der Waals surface area contributed by atoms with E-state index < -0.39 is 11.9 Å². The number of hydrogen-bond donors (Lipinski definition) is 3. The third kappa shape index (κ3) is 3.02. The predicted molar refractivity (Wildman–Crippen MR) is 101 cm³/mol. The summed E-state index contributed by atoms with van der Waals surface area (Å²) >= 11 is 1.39. The Kier molecular flexibility index (Phi) is 4.10. The summed E-state index contributed by atoms with van der Waals surface area (Å²) in [7, 11) is 0. The summed E-state index contributed by atoms with van der Waals surface area (Å²) in [5.41, 5.74) is 1.86. The monoisotopic (exact) mass is 365 g/mol. The van der Waals surface area contributed by atoms with Gasteiger partial charge in [0.15, 0.2) is 10.8 Å². The standard InChI is InChI=1S/C18H15N5O2S/c1-10(16(24)21-18-20-13-8-4-5-9-14(13)26-18)19-17(25)15-11-6-2-3-7-12(11)22-23-15/h2-10H,1H3,(H,19,25)(H,22,23)(H,20,21,24). The normalized spacial score (nSPS) is 12.2. The molecule has 0 aliphatic heterocycles. The summed E-state index contributed by atoms with van der Waals surface area (Å²) in [4.78, 5) is 29.2. The van der Waals surface area contributed by atoms with Gasteiger partial charge >= 0.3 is 0 Å². The van der Waals surface area contributed by atoms with Crippen LogP contribution in [0.4, 0.5) is 5.13 Å². The molecule has 1 atom stereocenters. The second-order valence-electron chi connectivity index (χ2n) is 5.79. The lowest BCUT2D eigenvalue weighted by Gasteiger charge is -2.12. The first-order valence-corrected chi connectivity index (χ1v) is 8.84. The molecule has 0 fully saturated rings. The Morgan fingerprint density at radius 1 is 1.12 bits per heavy atom. The van der Waals surface area contributed by atoms with Crippen LogP contribution in [-0.2, 0) is 4.79 Å². The highest BCUT2D eigenvalue weighted by molar-refractivity contribution is 7.22. The lowest BCUT2D eigenvalue weighted by molar-refractivity contribution is -0.117. The molecule has 0 saturated heterocycles. The van der Waals surface area contributed by atoms with Gasteiger partial charge in [-0.25, -0.2) is 4.98 Å². The van der Waals surface area contributed by atoms with E-state index >= 15 is 0 Å². The van der Waals surface area contributed by atoms with Crippen LogP contribution in [0.25, 0.3) is 21.1 Å². The number of aromatic nitrogens is 3. The molecule has 0 bridgehead atoms. The molecule has 0 spiro atoms. The van der Waals surface area contributed by atoms with Crippen molar-refractivity contribution in [3.63, 3.8) is 0 Å². The number of hydrogen-bond acceptors (Lipinski definition) is 5. The molecule has 130 valence electrons. The second kappa shape index (κ2) is 6.57. The largest absolute Gasteiger partial charge is 0.339 e. The first-order chi connectivity index (χ1) is 12.6. The fourth-order valence-electron chi connectivity index (χ4n) is 2.61. The van der Waals surface area contributed by atoms with Gasteiger partial charge in [0.05, 0.1) is 15.7 Å². The van der Waals surface area contributed by atoms with Crippen molar-refractivity contribution >= 4 is 49.4 Å². The first kappa shape index (κ1) is 16.2. The minimum Gasteiger partial charge on any atom is -0.339 e. The molecule has 3 N–H and O–H groups in total. The van der Waals surface area contributed by atoms with Gasteiger partial charge in [0.25, 0.3) is 5.91 Å². The summed E-state index contributed by atoms with van der Waals surface area (Å²) in [6.07, 6.45) is 0. The van der Waals surface area contributed by atoms with Gasteiger partial charge in [-0.05, 0) is 25.1 Å². The highest BCUT2D eigenvalue weighted by Crippen LogP contribution is 2.25. The molecule has 2 aromatic carbocycles. The Morgan fingerprint density at radius 3 is 2.73 bits per heavy atom. The zero-order valence-electron chi connectivity index (χ0n) is 13.8. The number of para-hydroxylation sites is 2. The molecule has 2 heterocycles. The van der Waals surface area contributed by atoms with E-state index in [2.05, 4.69) is 25.8 Å². The number of carbonyl (C=O) groups excluding carboxylic acids is 2. The number of aromatic amines is 1. The van der Waals surface area contributed by atoms with Gasteiger partial charge in [0, 0.05) is 5.39 Å². The van der Waals surface area contributed by atoms with Crippen LogP contribution in [0.1, 0.15) is 17.4 Å². The number of nitrogens with zero attached hydrogens (tertiary/aromatic N) is 2. The Balaban J connectivity index is 1.46. The third-order valence-corrected chi connectivity index (χ3v) is 4.90. The quantitative estimate of drug-likeness (QED) is 0.518. The highest BCUT2D eigenvalue weighted by atomic mass is 32.1. The molecule has 1 unspecified atom stereocenters. The number of rotatable bonds is 4. The Morgan fingerprint density at radius 2 is 1.88 bits per heavy atom. The number of thiazole rings is 1. The van der Waals surface area contributed by atoms with Crippen LogP contribution in [0.2, 0.25) is 0 Å². The molecule has 4 rings (SSSR count). The Hall–Kier alpha value is -3.26. The third-order valence-electron chi connectivity index (χ3n) is 3.95. The van der Waals surface area contributed by atoms with Gasteiger partial charge in [-0.1, -0.05) is 41.7 Å². The SMILES string of the molecule is CC(NC(=O)c1n[nH]c2ccccc12)C(=O)Nc1nc2ccccc2s1. The highest BCUT2D eigenvalue weighted by Gasteiger charge is 2.21. The van der Waals surface area contributed by atoms with Crippen LogP contribution in [-0.4, -0.2) is 33.0 Å². The van der Waals surface area contributed by atoms with Gasteiger partial charge in [-0.3, -0.25) is 14.7 Å². The summed E-state index contributed by atoms with van der Waals surface area (Å²) in [5.74, 6) is -0.744. The van der Waals surface area contributed by atoms with Crippen molar-refractivity contribution in [2.45, 2.75) is 13.0 Å². The van der Waals surface area contributed by atoms with Crippen LogP contribution in [0.3, 0.4) is 0 Å². The molecule has 0 saturated carbocycles. The van der Waals surface area contributed by atoms with Crippen LogP contribution in [0.5, 0.6) is 0 Å². The minimum atomic E-state index is -0.732. The molecule has 0 aliphatic carbocycles. The average Bonchev–Trinajstić information content (AvgIpc) is 3.24. The number of nitrogens with one attached hydrogen (secondary N) is 3. The number of fused-ring (bicyclic) bond motifs is 2. The number of H-pyrrole nitrogens is 1. The number of amides is 2.